The molecule has 0 aliphatic heterocycles. The molecule has 0 amide bonds. The summed E-state index contributed by atoms with van der Waals surface area (Å²) in [5, 5.41) is 7.84. The maximum absolute atomic E-state index is 9.70. The van der Waals surface area contributed by atoms with Gasteiger partial charge in [0.15, 0.2) is 5.82 Å². The minimum Gasteiger partial charge on any atom is -0.478 e. The van der Waals surface area contributed by atoms with Crippen LogP contribution in [0.4, 0.5) is 0 Å². The summed E-state index contributed by atoms with van der Waals surface area (Å²) in [6.45, 7) is 0. The van der Waals surface area contributed by atoms with Gasteiger partial charge in [-0.3, -0.25) is 0 Å². The Labute approximate surface area is 46.3 Å². The van der Waals surface area contributed by atoms with Crippen LogP contribution in [0.15, 0.2) is 11.9 Å². The van der Waals surface area contributed by atoms with E-state index in [0.717, 1.165) is 0 Å². The lowest BCUT2D eigenvalue weighted by molar-refractivity contribution is -0.131. The maximum Gasteiger partial charge on any atom is 0.538 e. The predicted octanol–water partition coefficient (Wildman–Crippen LogP) is 0.319. The number of rotatable bonds is 2. The molecule has 2 N–H and O–H groups in total. The molecular formula is C3H4O4P+. The minimum atomic E-state index is -2.44. The van der Waals surface area contributed by atoms with Crippen molar-refractivity contribution in [3.05, 3.63) is 11.9 Å². The molecule has 8 heavy (non-hydrogen) atoms. The summed E-state index contributed by atoms with van der Waals surface area (Å²) in [6, 6.07) is 0. The van der Waals surface area contributed by atoms with E-state index in [9.17, 15) is 9.36 Å². The van der Waals surface area contributed by atoms with Crippen LogP contribution in [0.1, 0.15) is 0 Å². The molecule has 0 aromatic heterocycles. The fourth-order valence-corrected chi connectivity index (χ4v) is 0.383. The van der Waals surface area contributed by atoms with Crippen molar-refractivity contribution in [3.8, 4) is 0 Å². The fraction of sp³-hybridized carbons (Fsp3) is 0. The van der Waals surface area contributed by atoms with Gasteiger partial charge in [-0.15, -0.1) is 0 Å². The average molecular weight is 135 g/mol. The van der Waals surface area contributed by atoms with Crippen molar-refractivity contribution in [1.82, 2.24) is 0 Å². The molecule has 0 aromatic carbocycles. The lowest BCUT2D eigenvalue weighted by Gasteiger charge is -1.66. The highest BCUT2D eigenvalue weighted by molar-refractivity contribution is 7.41. The number of carboxylic acid groups (broad SMARTS) is 1. The standard InChI is InChI=1S/C3H3O4P/c4-3(5)1-2-8(6)7/h1-2H,(H-,4,5,6,7)/p+1/b2-1+. The maximum atomic E-state index is 9.70. The molecule has 0 radical (unpaired) electrons. The number of aliphatic carboxylic acids is 1. The second-order valence-corrected chi connectivity index (χ2v) is 1.86. The Morgan fingerprint density at radius 3 is 2.25 bits per heavy atom. The Balaban J connectivity index is 3.67. The molecule has 0 saturated heterocycles. The third kappa shape index (κ3) is 5.27. The van der Waals surface area contributed by atoms with E-state index in [-0.39, 0.29) is 0 Å². The van der Waals surface area contributed by atoms with Crippen molar-refractivity contribution in [3.63, 3.8) is 0 Å². The van der Waals surface area contributed by atoms with Gasteiger partial charge in [-0.05, 0) is 4.57 Å². The van der Waals surface area contributed by atoms with Crippen molar-refractivity contribution in [2.45, 2.75) is 0 Å². The smallest absolute Gasteiger partial charge is 0.478 e. The first kappa shape index (κ1) is 7.27. The minimum absolute atomic E-state index is 0.624. The Morgan fingerprint density at radius 2 is 2.12 bits per heavy atom. The zero-order valence-electron chi connectivity index (χ0n) is 3.81. The zero-order valence-corrected chi connectivity index (χ0v) is 4.71. The van der Waals surface area contributed by atoms with Crippen LogP contribution in [0.5, 0.6) is 0 Å². The van der Waals surface area contributed by atoms with E-state index in [4.69, 9.17) is 10.00 Å². The molecule has 5 heteroatoms. The van der Waals surface area contributed by atoms with Gasteiger partial charge >= 0.3 is 14.0 Å². The first-order chi connectivity index (χ1) is 3.63. The Bertz CT molecular complexity index is 122. The largest absolute Gasteiger partial charge is 0.538 e. The first-order valence-electron chi connectivity index (χ1n) is 1.69. The van der Waals surface area contributed by atoms with Gasteiger partial charge in [0.25, 0.3) is 0 Å². The van der Waals surface area contributed by atoms with Crippen molar-refractivity contribution >= 4 is 14.0 Å². The molecule has 0 bridgehead atoms. The van der Waals surface area contributed by atoms with Crippen LogP contribution < -0.4 is 0 Å². The molecule has 44 valence electrons. The van der Waals surface area contributed by atoms with Gasteiger partial charge in [-0.25, -0.2) is 4.79 Å². The summed E-state index contributed by atoms with van der Waals surface area (Å²) in [7, 11) is -2.44. The van der Waals surface area contributed by atoms with E-state index >= 15 is 0 Å². The zero-order chi connectivity index (χ0) is 6.57. The monoisotopic (exact) mass is 135 g/mol. The van der Waals surface area contributed by atoms with Gasteiger partial charge in [-0.1, -0.05) is 0 Å². The highest BCUT2D eigenvalue weighted by Crippen LogP contribution is 2.12. The fourth-order valence-electron chi connectivity index (χ4n) is 0.128. The molecule has 0 heterocycles. The Hall–Kier alpha value is -0.730. The number of hydrogen-bond acceptors (Lipinski definition) is 2. The SMILES string of the molecule is O=C(O)/C=C/[P+](=O)O. The quantitative estimate of drug-likeness (QED) is 0.422. The summed E-state index contributed by atoms with van der Waals surface area (Å²) in [4.78, 5) is 17.5. The van der Waals surface area contributed by atoms with Crippen molar-refractivity contribution in [2.75, 3.05) is 0 Å². The molecule has 0 fully saturated rings. The Morgan fingerprint density at radius 1 is 1.62 bits per heavy atom. The molecule has 0 rings (SSSR count). The number of hydrogen-bond donors (Lipinski definition) is 2. The molecular weight excluding hydrogens is 131 g/mol. The summed E-state index contributed by atoms with van der Waals surface area (Å²) in [5.41, 5.74) is 0. The van der Waals surface area contributed by atoms with E-state index < -0.39 is 14.0 Å². The van der Waals surface area contributed by atoms with Gasteiger partial charge in [0.1, 0.15) is 0 Å². The highest BCUT2D eigenvalue weighted by atomic mass is 31.1. The summed E-state index contributed by atoms with van der Waals surface area (Å²) in [5.74, 6) is -0.514. The normalized spacial score (nSPS) is 11.9. The molecule has 0 spiro atoms. The van der Waals surface area contributed by atoms with Crippen LogP contribution in [0.3, 0.4) is 0 Å². The van der Waals surface area contributed by atoms with E-state index in [1.165, 1.54) is 0 Å². The van der Waals surface area contributed by atoms with Crippen molar-refractivity contribution in [1.29, 1.82) is 0 Å². The van der Waals surface area contributed by atoms with Gasteiger partial charge in [-0.2, -0.15) is 4.89 Å². The second-order valence-electron chi connectivity index (χ2n) is 0.957. The Kier molecular flexibility index (Phi) is 2.99. The summed E-state index contributed by atoms with van der Waals surface area (Å²) in [6.07, 6.45) is 0.624. The van der Waals surface area contributed by atoms with Crippen LogP contribution in [0.25, 0.3) is 0 Å². The van der Waals surface area contributed by atoms with Crippen LogP contribution in [-0.4, -0.2) is 16.0 Å². The van der Waals surface area contributed by atoms with Gasteiger partial charge in [0.05, 0.1) is 6.08 Å². The highest BCUT2D eigenvalue weighted by Gasteiger charge is 2.01. The predicted molar refractivity (Wildman–Crippen MR) is 26.6 cm³/mol. The third-order valence-corrected chi connectivity index (χ3v) is 0.749. The van der Waals surface area contributed by atoms with Gasteiger partial charge < -0.3 is 5.11 Å². The van der Waals surface area contributed by atoms with E-state index in [1.807, 2.05) is 0 Å². The van der Waals surface area contributed by atoms with Gasteiger partial charge in [0.2, 0.25) is 0 Å². The lowest BCUT2D eigenvalue weighted by atomic mass is 10.7. The van der Waals surface area contributed by atoms with Crippen molar-refractivity contribution < 1.29 is 19.4 Å². The van der Waals surface area contributed by atoms with Crippen LogP contribution in [-0.2, 0) is 9.36 Å². The molecule has 0 aromatic rings. The molecule has 1 atom stereocenters. The van der Waals surface area contributed by atoms with E-state index in [0.29, 0.717) is 11.9 Å². The van der Waals surface area contributed by atoms with Crippen LogP contribution in [0, 0.1) is 0 Å². The summed E-state index contributed by atoms with van der Waals surface area (Å²) >= 11 is 0. The molecule has 4 nitrogen and oxygen atoms in total. The summed E-state index contributed by atoms with van der Waals surface area (Å²) < 4.78 is 9.70. The number of carbonyl (C=O) groups is 1. The van der Waals surface area contributed by atoms with Crippen LogP contribution in [0.2, 0.25) is 0 Å². The van der Waals surface area contributed by atoms with E-state index in [2.05, 4.69) is 0 Å². The average Bonchev–Trinajstić information content (AvgIpc) is 1.61. The van der Waals surface area contributed by atoms with E-state index in [1.54, 1.807) is 0 Å². The first-order valence-corrected chi connectivity index (χ1v) is 2.97. The topological polar surface area (TPSA) is 74.6 Å². The van der Waals surface area contributed by atoms with Crippen LogP contribution >= 0.6 is 8.03 Å². The van der Waals surface area contributed by atoms with Crippen molar-refractivity contribution in [2.24, 2.45) is 0 Å². The second kappa shape index (κ2) is 3.29. The molecule has 1 unspecified atom stereocenters. The molecule has 0 aliphatic carbocycles. The molecule has 0 aliphatic rings. The third-order valence-electron chi connectivity index (χ3n) is 0.345. The lowest BCUT2D eigenvalue weighted by Crippen LogP contribution is -1.83. The number of carboxylic acids is 1. The van der Waals surface area contributed by atoms with Gasteiger partial charge in [0, 0.05) is 0 Å². The molecule has 0 saturated carbocycles.